The summed E-state index contributed by atoms with van der Waals surface area (Å²) in [5.41, 5.74) is 1.93. The number of hydrogen-bond donors (Lipinski definition) is 0. The second kappa shape index (κ2) is 25.6. The van der Waals surface area contributed by atoms with E-state index >= 15 is 0 Å². The molecule has 0 bridgehead atoms. The van der Waals surface area contributed by atoms with E-state index in [0.717, 1.165) is 0 Å². The molecule has 52 heavy (non-hydrogen) atoms. The van der Waals surface area contributed by atoms with Crippen molar-refractivity contribution in [2.45, 2.75) is 26.7 Å². The van der Waals surface area contributed by atoms with Gasteiger partial charge < -0.3 is 28.4 Å². The van der Waals surface area contributed by atoms with E-state index in [1.807, 2.05) is 24.3 Å². The standard InChI is InChI=1S/C16H14O4.2C12H14O4/c17-15(13-7-3-1-4-8-13)19-11-12-20-16(18)14-9-5-2-6-10-14;2*1-2-11(13)15-8-9-16-12(14)10-6-4-3-5-7-10/h1-10H,11-12H2;2*3-7H,2,8-9H2,1H3. The Hall–Kier alpha value is -6.30. The van der Waals surface area contributed by atoms with Crippen molar-refractivity contribution in [3.8, 4) is 0 Å². The molecule has 4 rings (SSSR count). The summed E-state index contributed by atoms with van der Waals surface area (Å²) < 4.78 is 29.3. The molecular formula is C40H42O12. The smallest absolute Gasteiger partial charge is 0.338 e. The normalized spacial score (nSPS) is 9.65. The molecule has 0 saturated carbocycles. The Balaban J connectivity index is 0.000000273. The molecule has 0 heterocycles. The molecule has 0 saturated heterocycles. The molecule has 4 aromatic rings. The largest absolute Gasteiger partial charge is 0.462 e. The van der Waals surface area contributed by atoms with E-state index in [1.165, 1.54) is 0 Å². The number of rotatable bonds is 15. The molecule has 0 amide bonds. The minimum Gasteiger partial charge on any atom is -0.462 e. The predicted molar refractivity (Wildman–Crippen MR) is 189 cm³/mol. The maximum Gasteiger partial charge on any atom is 0.338 e. The fraction of sp³-hybridized carbons (Fsp3) is 0.250. The lowest BCUT2D eigenvalue weighted by atomic mass is 10.2. The molecule has 274 valence electrons. The minimum atomic E-state index is -0.429. The number of carbonyl (C=O) groups is 6. The van der Waals surface area contributed by atoms with Gasteiger partial charge in [0.15, 0.2) is 0 Å². The fourth-order valence-corrected chi connectivity index (χ4v) is 3.68. The van der Waals surface area contributed by atoms with Crippen LogP contribution in [0.5, 0.6) is 0 Å². The van der Waals surface area contributed by atoms with Gasteiger partial charge in [0.05, 0.1) is 22.3 Å². The van der Waals surface area contributed by atoms with Crippen LogP contribution in [0.4, 0.5) is 0 Å². The maximum atomic E-state index is 11.6. The van der Waals surface area contributed by atoms with Gasteiger partial charge in [0.1, 0.15) is 39.6 Å². The summed E-state index contributed by atoms with van der Waals surface area (Å²) in [7, 11) is 0. The van der Waals surface area contributed by atoms with E-state index in [0.29, 0.717) is 35.1 Å². The molecule has 0 aliphatic heterocycles. The van der Waals surface area contributed by atoms with Crippen molar-refractivity contribution in [2.75, 3.05) is 39.6 Å². The molecule has 0 aromatic heterocycles. The Bertz CT molecular complexity index is 1520. The van der Waals surface area contributed by atoms with Gasteiger partial charge in [-0.15, -0.1) is 0 Å². The average Bonchev–Trinajstić information content (AvgIpc) is 3.21. The number of benzene rings is 4. The van der Waals surface area contributed by atoms with Crippen LogP contribution in [0.3, 0.4) is 0 Å². The summed E-state index contributed by atoms with van der Waals surface area (Å²) >= 11 is 0. The first-order valence-electron chi connectivity index (χ1n) is 16.4. The monoisotopic (exact) mass is 714 g/mol. The number of ether oxygens (including phenoxy) is 6. The Kier molecular flexibility index (Phi) is 20.6. The number of esters is 6. The first-order chi connectivity index (χ1) is 25.2. The second-order valence-corrected chi connectivity index (χ2v) is 10.2. The first kappa shape index (κ1) is 41.9. The quantitative estimate of drug-likeness (QED) is 0.0771. The SMILES string of the molecule is CCC(=O)OCCOC(=O)c1ccccc1.CCC(=O)OCCOC(=O)c1ccccc1.O=C(OCCOC(=O)c1ccccc1)c1ccccc1. The minimum absolute atomic E-state index is 0.0340. The van der Waals surface area contributed by atoms with Crippen LogP contribution in [0.25, 0.3) is 0 Å². The van der Waals surface area contributed by atoms with Crippen molar-refractivity contribution >= 4 is 35.8 Å². The summed E-state index contributed by atoms with van der Waals surface area (Å²) in [6, 6.07) is 34.7. The third-order valence-electron chi connectivity index (χ3n) is 6.32. The van der Waals surface area contributed by atoms with E-state index in [9.17, 15) is 28.8 Å². The molecule has 4 aromatic carbocycles. The van der Waals surface area contributed by atoms with Crippen molar-refractivity contribution < 1.29 is 57.2 Å². The molecule has 12 heteroatoms. The van der Waals surface area contributed by atoms with Crippen LogP contribution in [0.15, 0.2) is 121 Å². The van der Waals surface area contributed by atoms with Gasteiger partial charge in [-0.3, -0.25) is 9.59 Å². The first-order valence-corrected chi connectivity index (χ1v) is 16.4. The van der Waals surface area contributed by atoms with Crippen LogP contribution < -0.4 is 0 Å². The van der Waals surface area contributed by atoms with Crippen LogP contribution in [-0.4, -0.2) is 75.5 Å². The number of carbonyl (C=O) groups excluding carboxylic acids is 6. The van der Waals surface area contributed by atoms with Crippen molar-refractivity contribution in [1.82, 2.24) is 0 Å². The van der Waals surface area contributed by atoms with Crippen LogP contribution >= 0.6 is 0 Å². The highest BCUT2D eigenvalue weighted by molar-refractivity contribution is 5.90. The molecular weight excluding hydrogens is 672 g/mol. The maximum absolute atomic E-state index is 11.6. The molecule has 0 unspecified atom stereocenters. The zero-order valence-electron chi connectivity index (χ0n) is 29.1. The van der Waals surface area contributed by atoms with Crippen LogP contribution in [-0.2, 0) is 38.0 Å². The van der Waals surface area contributed by atoms with Gasteiger partial charge in [-0.1, -0.05) is 86.6 Å². The second-order valence-electron chi connectivity index (χ2n) is 10.2. The zero-order chi connectivity index (χ0) is 37.8. The van der Waals surface area contributed by atoms with Gasteiger partial charge in [0.2, 0.25) is 0 Å². The Morgan fingerprint density at radius 1 is 0.327 bits per heavy atom. The van der Waals surface area contributed by atoms with Crippen molar-refractivity contribution in [2.24, 2.45) is 0 Å². The van der Waals surface area contributed by atoms with Gasteiger partial charge in [0.25, 0.3) is 0 Å². The highest BCUT2D eigenvalue weighted by Crippen LogP contribution is 2.04. The van der Waals surface area contributed by atoms with Gasteiger partial charge in [-0.25, -0.2) is 19.2 Å². The highest BCUT2D eigenvalue weighted by atomic mass is 16.6. The average molecular weight is 715 g/mol. The van der Waals surface area contributed by atoms with Crippen LogP contribution in [0.2, 0.25) is 0 Å². The van der Waals surface area contributed by atoms with Gasteiger partial charge >= 0.3 is 35.8 Å². The van der Waals surface area contributed by atoms with E-state index in [-0.39, 0.29) is 51.6 Å². The Morgan fingerprint density at radius 3 is 0.712 bits per heavy atom. The van der Waals surface area contributed by atoms with E-state index in [2.05, 4.69) is 0 Å². The molecule has 0 radical (unpaired) electrons. The van der Waals surface area contributed by atoms with E-state index in [4.69, 9.17) is 28.4 Å². The molecule has 0 N–H and O–H groups in total. The van der Waals surface area contributed by atoms with Gasteiger partial charge in [-0.05, 0) is 48.5 Å². The van der Waals surface area contributed by atoms with Crippen molar-refractivity contribution in [1.29, 1.82) is 0 Å². The summed E-state index contributed by atoms with van der Waals surface area (Å²) in [6.45, 7) is 3.85. The lowest BCUT2D eigenvalue weighted by molar-refractivity contribution is -0.145. The highest BCUT2D eigenvalue weighted by Gasteiger charge is 2.09. The summed E-state index contributed by atoms with van der Waals surface area (Å²) in [5, 5.41) is 0. The molecule has 0 fully saturated rings. The Labute approximate surface area is 302 Å². The van der Waals surface area contributed by atoms with Crippen molar-refractivity contribution in [3.63, 3.8) is 0 Å². The molecule has 12 nitrogen and oxygen atoms in total. The predicted octanol–water partition coefficient (Wildman–Crippen LogP) is 6.29. The summed E-state index contributed by atoms with van der Waals surface area (Å²) in [6.07, 6.45) is 0.652. The lowest BCUT2D eigenvalue weighted by Crippen LogP contribution is -2.14. The van der Waals surface area contributed by atoms with E-state index in [1.54, 1.807) is 111 Å². The van der Waals surface area contributed by atoms with E-state index < -0.39 is 23.9 Å². The third kappa shape index (κ3) is 17.9. The van der Waals surface area contributed by atoms with Crippen LogP contribution in [0, 0.1) is 0 Å². The Morgan fingerprint density at radius 2 is 0.519 bits per heavy atom. The molecule has 0 aliphatic rings. The number of hydrogen-bond acceptors (Lipinski definition) is 12. The molecule has 0 aliphatic carbocycles. The summed E-state index contributed by atoms with van der Waals surface area (Å²) in [5.74, 6) is -2.27. The zero-order valence-corrected chi connectivity index (χ0v) is 29.1. The fourth-order valence-electron chi connectivity index (χ4n) is 3.68. The molecule has 0 spiro atoms. The van der Waals surface area contributed by atoms with Gasteiger partial charge in [-0.2, -0.15) is 0 Å². The van der Waals surface area contributed by atoms with Gasteiger partial charge in [0, 0.05) is 12.8 Å². The third-order valence-corrected chi connectivity index (χ3v) is 6.32. The van der Waals surface area contributed by atoms with Crippen LogP contribution in [0.1, 0.15) is 68.1 Å². The lowest BCUT2D eigenvalue weighted by Gasteiger charge is -2.06. The summed E-state index contributed by atoms with van der Waals surface area (Å²) in [4.78, 5) is 67.5. The van der Waals surface area contributed by atoms with Crippen molar-refractivity contribution in [3.05, 3.63) is 144 Å². The molecule has 0 atom stereocenters. The topological polar surface area (TPSA) is 158 Å².